The van der Waals surface area contributed by atoms with Crippen molar-refractivity contribution < 1.29 is 8.42 Å². The van der Waals surface area contributed by atoms with E-state index in [1.807, 2.05) is 24.3 Å². The van der Waals surface area contributed by atoms with Crippen LogP contribution in [0.4, 0.5) is 0 Å². The Bertz CT molecular complexity index is 854. The molecule has 0 amide bonds. The summed E-state index contributed by atoms with van der Waals surface area (Å²) >= 11 is 9.62. The summed E-state index contributed by atoms with van der Waals surface area (Å²) in [4.78, 5) is 0.303. The van der Waals surface area contributed by atoms with Crippen molar-refractivity contribution in [2.75, 3.05) is 6.54 Å². The average Bonchev–Trinajstić information content (AvgIpc) is 2.57. The van der Waals surface area contributed by atoms with E-state index in [-0.39, 0.29) is 6.04 Å². The second kappa shape index (κ2) is 7.16. The number of nitrogens with zero attached hydrogens (tertiary/aromatic N) is 1. The van der Waals surface area contributed by atoms with E-state index >= 15 is 0 Å². The van der Waals surface area contributed by atoms with Crippen LogP contribution in [0.15, 0.2) is 51.8 Å². The van der Waals surface area contributed by atoms with Crippen LogP contribution in [0.3, 0.4) is 0 Å². The molecule has 0 spiro atoms. The van der Waals surface area contributed by atoms with Crippen LogP contribution in [0, 0.1) is 6.92 Å². The Kier molecular flexibility index (Phi) is 5.35. The molecule has 128 valence electrons. The zero-order valence-electron chi connectivity index (χ0n) is 13.4. The van der Waals surface area contributed by atoms with Crippen molar-refractivity contribution in [1.82, 2.24) is 4.31 Å². The van der Waals surface area contributed by atoms with Gasteiger partial charge in [-0.2, -0.15) is 4.31 Å². The van der Waals surface area contributed by atoms with Gasteiger partial charge >= 0.3 is 0 Å². The van der Waals surface area contributed by atoms with Crippen LogP contribution in [-0.4, -0.2) is 19.3 Å². The van der Waals surface area contributed by atoms with Crippen molar-refractivity contribution >= 4 is 37.6 Å². The minimum Gasteiger partial charge on any atom is -0.207 e. The van der Waals surface area contributed by atoms with Gasteiger partial charge in [0.2, 0.25) is 10.0 Å². The molecular formula is C18H19BrClNO2S. The Hall–Kier alpha value is -0.880. The summed E-state index contributed by atoms with van der Waals surface area (Å²) in [6, 6.07) is 12.8. The van der Waals surface area contributed by atoms with Crippen molar-refractivity contribution in [3.63, 3.8) is 0 Å². The number of hydrogen-bond donors (Lipinski definition) is 0. The van der Waals surface area contributed by atoms with Crippen molar-refractivity contribution in [2.45, 2.75) is 37.1 Å². The first-order valence-corrected chi connectivity index (χ1v) is 10.5. The quantitative estimate of drug-likeness (QED) is 0.663. The van der Waals surface area contributed by atoms with Gasteiger partial charge in [-0.1, -0.05) is 52.2 Å². The number of rotatable bonds is 3. The van der Waals surface area contributed by atoms with Gasteiger partial charge in [0.1, 0.15) is 0 Å². The molecule has 0 radical (unpaired) electrons. The number of hydrogen-bond acceptors (Lipinski definition) is 2. The SMILES string of the molecule is Cc1c(Cl)cccc1S(=O)(=O)N1CCCCC1c1cccc(Br)c1. The first-order chi connectivity index (χ1) is 11.4. The number of piperidine rings is 1. The molecular weight excluding hydrogens is 410 g/mol. The molecule has 2 aromatic rings. The highest BCUT2D eigenvalue weighted by Gasteiger charge is 2.35. The van der Waals surface area contributed by atoms with Gasteiger partial charge in [-0.25, -0.2) is 8.42 Å². The van der Waals surface area contributed by atoms with Gasteiger partial charge in [0.15, 0.2) is 0 Å². The standard InChI is InChI=1S/C18H19BrClNO2S/c1-13-16(20)8-5-10-18(13)24(22,23)21-11-3-2-9-17(21)14-6-4-7-15(19)12-14/h4-8,10,12,17H,2-3,9,11H2,1H3. The molecule has 1 atom stereocenters. The van der Waals surface area contributed by atoms with E-state index in [0.717, 1.165) is 29.3 Å². The van der Waals surface area contributed by atoms with Crippen molar-refractivity contribution in [1.29, 1.82) is 0 Å². The lowest BCUT2D eigenvalue weighted by molar-refractivity contribution is 0.256. The Morgan fingerprint density at radius 1 is 1.17 bits per heavy atom. The maximum atomic E-state index is 13.3. The molecule has 1 aliphatic heterocycles. The molecule has 0 N–H and O–H groups in total. The normalized spacial score (nSPS) is 19.4. The van der Waals surface area contributed by atoms with E-state index in [1.165, 1.54) is 0 Å². The third kappa shape index (κ3) is 3.40. The smallest absolute Gasteiger partial charge is 0.207 e. The van der Waals surface area contributed by atoms with E-state index in [1.54, 1.807) is 29.4 Å². The van der Waals surface area contributed by atoms with Crippen LogP contribution in [0.5, 0.6) is 0 Å². The highest BCUT2D eigenvalue weighted by atomic mass is 79.9. The fourth-order valence-electron chi connectivity index (χ4n) is 3.23. The molecule has 1 heterocycles. The molecule has 0 aliphatic carbocycles. The van der Waals surface area contributed by atoms with Gasteiger partial charge in [-0.05, 0) is 55.2 Å². The van der Waals surface area contributed by atoms with E-state index in [9.17, 15) is 8.42 Å². The highest BCUT2D eigenvalue weighted by molar-refractivity contribution is 9.10. The Labute approximate surface area is 156 Å². The van der Waals surface area contributed by atoms with E-state index in [2.05, 4.69) is 15.9 Å². The van der Waals surface area contributed by atoms with E-state index in [4.69, 9.17) is 11.6 Å². The molecule has 0 saturated carbocycles. The average molecular weight is 429 g/mol. The lowest BCUT2D eigenvalue weighted by Gasteiger charge is -2.35. The zero-order chi connectivity index (χ0) is 17.3. The van der Waals surface area contributed by atoms with Crippen LogP contribution in [0.2, 0.25) is 5.02 Å². The van der Waals surface area contributed by atoms with Crippen LogP contribution in [0.25, 0.3) is 0 Å². The summed E-state index contributed by atoms with van der Waals surface area (Å²) in [5, 5.41) is 0.479. The van der Waals surface area contributed by atoms with Gasteiger partial charge in [0.25, 0.3) is 0 Å². The molecule has 1 unspecified atom stereocenters. The Balaban J connectivity index is 2.05. The topological polar surface area (TPSA) is 37.4 Å². The highest BCUT2D eigenvalue weighted by Crippen LogP contribution is 2.37. The molecule has 1 aliphatic rings. The minimum atomic E-state index is -3.59. The van der Waals surface area contributed by atoms with Crippen molar-refractivity contribution in [3.8, 4) is 0 Å². The van der Waals surface area contributed by atoms with Crippen molar-refractivity contribution in [2.24, 2.45) is 0 Å². The zero-order valence-corrected chi connectivity index (χ0v) is 16.5. The lowest BCUT2D eigenvalue weighted by Crippen LogP contribution is -2.38. The molecule has 24 heavy (non-hydrogen) atoms. The predicted octanol–water partition coefficient (Wildman–Crippen LogP) is 5.33. The molecule has 2 aromatic carbocycles. The van der Waals surface area contributed by atoms with Gasteiger partial charge in [-0.15, -0.1) is 0 Å². The Morgan fingerprint density at radius 3 is 2.67 bits per heavy atom. The molecule has 3 nitrogen and oxygen atoms in total. The lowest BCUT2D eigenvalue weighted by atomic mass is 9.98. The maximum Gasteiger partial charge on any atom is 0.243 e. The summed E-state index contributed by atoms with van der Waals surface area (Å²) in [5.41, 5.74) is 1.63. The first-order valence-electron chi connectivity index (χ1n) is 7.93. The van der Waals surface area contributed by atoms with Crippen LogP contribution >= 0.6 is 27.5 Å². The van der Waals surface area contributed by atoms with E-state index in [0.29, 0.717) is 22.0 Å². The molecule has 6 heteroatoms. The number of halogens is 2. The summed E-state index contributed by atoms with van der Waals surface area (Å²) in [7, 11) is -3.59. The van der Waals surface area contributed by atoms with Gasteiger partial charge in [0.05, 0.1) is 10.9 Å². The summed E-state index contributed by atoms with van der Waals surface area (Å²) < 4.78 is 29.2. The van der Waals surface area contributed by atoms with Gasteiger partial charge in [0, 0.05) is 16.0 Å². The Morgan fingerprint density at radius 2 is 1.92 bits per heavy atom. The molecule has 0 aromatic heterocycles. The maximum absolute atomic E-state index is 13.3. The molecule has 1 fully saturated rings. The molecule has 1 saturated heterocycles. The molecule has 3 rings (SSSR count). The third-order valence-corrected chi connectivity index (χ3v) is 7.45. The van der Waals surface area contributed by atoms with E-state index < -0.39 is 10.0 Å². The summed E-state index contributed by atoms with van der Waals surface area (Å²) in [5.74, 6) is 0. The third-order valence-electron chi connectivity index (χ3n) is 4.49. The largest absolute Gasteiger partial charge is 0.243 e. The minimum absolute atomic E-state index is 0.139. The molecule has 0 bridgehead atoms. The van der Waals surface area contributed by atoms with Crippen LogP contribution < -0.4 is 0 Å². The second-order valence-corrected chi connectivity index (χ2v) is 9.23. The fourth-order valence-corrected chi connectivity index (χ4v) is 5.81. The van der Waals surface area contributed by atoms with Crippen LogP contribution in [0.1, 0.15) is 36.4 Å². The second-order valence-electron chi connectivity index (χ2n) is 6.05. The number of sulfonamides is 1. The van der Waals surface area contributed by atoms with Gasteiger partial charge < -0.3 is 0 Å². The first kappa shape index (κ1) is 17.9. The predicted molar refractivity (Wildman–Crippen MR) is 101 cm³/mol. The number of benzene rings is 2. The van der Waals surface area contributed by atoms with Crippen LogP contribution in [-0.2, 0) is 10.0 Å². The summed E-state index contributed by atoms with van der Waals surface area (Å²) in [6.45, 7) is 2.29. The summed E-state index contributed by atoms with van der Waals surface area (Å²) in [6.07, 6.45) is 2.73. The van der Waals surface area contributed by atoms with Gasteiger partial charge in [-0.3, -0.25) is 0 Å². The fraction of sp³-hybridized carbons (Fsp3) is 0.333. The monoisotopic (exact) mass is 427 g/mol. The van der Waals surface area contributed by atoms with Crippen molar-refractivity contribution in [3.05, 3.63) is 63.1 Å².